The summed E-state index contributed by atoms with van der Waals surface area (Å²) in [5.41, 5.74) is 0. The van der Waals surface area contributed by atoms with E-state index in [-0.39, 0.29) is 12.2 Å². The molecule has 0 aromatic heterocycles. The van der Waals surface area contributed by atoms with Crippen molar-refractivity contribution in [2.75, 3.05) is 13.6 Å². The lowest BCUT2D eigenvalue weighted by Crippen LogP contribution is -2.44. The van der Waals surface area contributed by atoms with Crippen LogP contribution in [0.2, 0.25) is 0 Å². The fraction of sp³-hybridized carbons (Fsp3) is 0.909. The van der Waals surface area contributed by atoms with E-state index in [1.165, 1.54) is 6.42 Å². The normalized spacial score (nSPS) is 30.2. The summed E-state index contributed by atoms with van der Waals surface area (Å²) < 4.78 is 5.29. The molecule has 2 rings (SSSR count). The Morgan fingerprint density at radius 2 is 2.13 bits per heavy atom. The molecule has 0 aromatic carbocycles. The molecule has 0 heterocycles. The number of ether oxygens (including phenoxy) is 1. The van der Waals surface area contributed by atoms with E-state index in [2.05, 4.69) is 10.6 Å². The standard InChI is InChI=1S/C11H20N2O2/c1-12-7-8-5-10(6-8)15-11(14)13-9-3-2-4-9/h8-10,12H,2-7H2,1H3,(H,13,14). The minimum absolute atomic E-state index is 0.156. The molecule has 2 saturated carbocycles. The number of alkyl carbamates (subject to hydrolysis) is 1. The predicted molar refractivity (Wildman–Crippen MR) is 57.7 cm³/mol. The van der Waals surface area contributed by atoms with E-state index in [0.717, 1.165) is 32.2 Å². The second kappa shape index (κ2) is 4.84. The Balaban J connectivity index is 1.56. The number of amides is 1. The summed E-state index contributed by atoms with van der Waals surface area (Å²) in [7, 11) is 1.96. The third-order valence-corrected chi connectivity index (χ3v) is 3.39. The Bertz CT molecular complexity index is 223. The summed E-state index contributed by atoms with van der Waals surface area (Å²) in [4.78, 5) is 11.4. The van der Waals surface area contributed by atoms with Crippen LogP contribution in [0.1, 0.15) is 32.1 Å². The molecular formula is C11H20N2O2. The monoisotopic (exact) mass is 212 g/mol. The zero-order valence-electron chi connectivity index (χ0n) is 9.29. The summed E-state index contributed by atoms with van der Waals surface area (Å²) >= 11 is 0. The van der Waals surface area contributed by atoms with Crippen molar-refractivity contribution in [3.8, 4) is 0 Å². The quantitative estimate of drug-likeness (QED) is 0.737. The van der Waals surface area contributed by atoms with E-state index in [1.807, 2.05) is 7.05 Å². The molecule has 0 aromatic rings. The third-order valence-electron chi connectivity index (χ3n) is 3.39. The van der Waals surface area contributed by atoms with Crippen molar-refractivity contribution in [3.63, 3.8) is 0 Å². The lowest BCUT2D eigenvalue weighted by Gasteiger charge is -2.35. The molecule has 2 fully saturated rings. The Morgan fingerprint density at radius 1 is 1.40 bits per heavy atom. The molecule has 2 aliphatic rings. The van der Waals surface area contributed by atoms with Gasteiger partial charge >= 0.3 is 6.09 Å². The lowest BCUT2D eigenvalue weighted by molar-refractivity contribution is 0.0153. The van der Waals surface area contributed by atoms with Crippen LogP contribution in [-0.2, 0) is 4.74 Å². The van der Waals surface area contributed by atoms with E-state index in [4.69, 9.17) is 4.74 Å². The van der Waals surface area contributed by atoms with Crippen molar-refractivity contribution >= 4 is 6.09 Å². The molecule has 1 amide bonds. The number of carbonyl (C=O) groups excluding carboxylic acids is 1. The topological polar surface area (TPSA) is 50.4 Å². The van der Waals surface area contributed by atoms with Gasteiger partial charge in [-0.2, -0.15) is 0 Å². The first-order valence-corrected chi connectivity index (χ1v) is 5.89. The van der Waals surface area contributed by atoms with Crippen LogP contribution in [-0.4, -0.2) is 31.8 Å². The number of nitrogens with one attached hydrogen (secondary N) is 2. The molecule has 0 radical (unpaired) electrons. The van der Waals surface area contributed by atoms with Crippen molar-refractivity contribution < 1.29 is 9.53 Å². The molecule has 0 aliphatic heterocycles. The van der Waals surface area contributed by atoms with Crippen LogP contribution < -0.4 is 10.6 Å². The second-order valence-electron chi connectivity index (χ2n) is 4.69. The fourth-order valence-electron chi connectivity index (χ4n) is 2.13. The third kappa shape index (κ3) is 2.84. The average Bonchev–Trinajstić information content (AvgIpc) is 2.08. The van der Waals surface area contributed by atoms with Gasteiger partial charge in [-0.3, -0.25) is 0 Å². The van der Waals surface area contributed by atoms with Gasteiger partial charge in [0, 0.05) is 6.04 Å². The summed E-state index contributed by atoms with van der Waals surface area (Å²) in [6, 6.07) is 0.380. The highest BCUT2D eigenvalue weighted by Gasteiger charge is 2.32. The van der Waals surface area contributed by atoms with Crippen molar-refractivity contribution in [3.05, 3.63) is 0 Å². The first kappa shape index (κ1) is 10.7. The van der Waals surface area contributed by atoms with Gasteiger partial charge in [0.1, 0.15) is 6.10 Å². The van der Waals surface area contributed by atoms with E-state index in [1.54, 1.807) is 0 Å². The zero-order chi connectivity index (χ0) is 10.7. The number of hydrogen-bond donors (Lipinski definition) is 2. The SMILES string of the molecule is CNCC1CC(OC(=O)NC2CCC2)C1. The molecule has 4 heteroatoms. The zero-order valence-corrected chi connectivity index (χ0v) is 9.29. The summed E-state index contributed by atoms with van der Waals surface area (Å²) in [6.07, 6.45) is 5.43. The maximum absolute atomic E-state index is 11.4. The lowest BCUT2D eigenvalue weighted by atomic mass is 9.82. The van der Waals surface area contributed by atoms with Crippen LogP contribution in [0, 0.1) is 5.92 Å². The first-order chi connectivity index (χ1) is 7.28. The van der Waals surface area contributed by atoms with Gasteiger partial charge in [0.2, 0.25) is 0 Å². The van der Waals surface area contributed by atoms with Gasteiger partial charge < -0.3 is 15.4 Å². The van der Waals surface area contributed by atoms with Crippen LogP contribution in [0.25, 0.3) is 0 Å². The van der Waals surface area contributed by atoms with Crippen LogP contribution in [0.15, 0.2) is 0 Å². The predicted octanol–water partition coefficient (Wildman–Crippen LogP) is 1.26. The molecular weight excluding hydrogens is 192 g/mol. The largest absolute Gasteiger partial charge is 0.446 e. The van der Waals surface area contributed by atoms with Gasteiger partial charge in [0.05, 0.1) is 0 Å². The van der Waals surface area contributed by atoms with Gasteiger partial charge in [-0.1, -0.05) is 0 Å². The van der Waals surface area contributed by atoms with Crippen LogP contribution in [0.4, 0.5) is 4.79 Å². The number of hydrogen-bond acceptors (Lipinski definition) is 3. The molecule has 0 bridgehead atoms. The Morgan fingerprint density at radius 3 is 2.67 bits per heavy atom. The Kier molecular flexibility index (Phi) is 3.46. The summed E-state index contributed by atoms with van der Waals surface area (Å²) in [6.45, 7) is 1.03. The number of rotatable bonds is 4. The van der Waals surface area contributed by atoms with Gasteiger partial charge in [-0.25, -0.2) is 4.79 Å². The molecule has 15 heavy (non-hydrogen) atoms. The summed E-state index contributed by atoms with van der Waals surface area (Å²) in [5.74, 6) is 0.691. The van der Waals surface area contributed by atoms with Gasteiger partial charge in [-0.15, -0.1) is 0 Å². The highest BCUT2D eigenvalue weighted by Crippen LogP contribution is 2.29. The molecule has 0 atom stereocenters. The van der Waals surface area contributed by atoms with Crippen molar-refractivity contribution in [1.82, 2.24) is 10.6 Å². The number of carbonyl (C=O) groups is 1. The molecule has 0 saturated heterocycles. The van der Waals surface area contributed by atoms with Crippen molar-refractivity contribution in [2.24, 2.45) is 5.92 Å². The van der Waals surface area contributed by atoms with E-state index >= 15 is 0 Å². The van der Waals surface area contributed by atoms with Gasteiger partial charge in [0.15, 0.2) is 0 Å². The molecule has 0 unspecified atom stereocenters. The Labute approximate surface area is 90.8 Å². The molecule has 4 nitrogen and oxygen atoms in total. The first-order valence-electron chi connectivity index (χ1n) is 5.89. The van der Waals surface area contributed by atoms with Crippen LogP contribution in [0.5, 0.6) is 0 Å². The van der Waals surface area contributed by atoms with Gasteiger partial charge in [-0.05, 0) is 51.6 Å². The highest BCUT2D eigenvalue weighted by molar-refractivity contribution is 5.68. The minimum Gasteiger partial charge on any atom is -0.446 e. The molecule has 86 valence electrons. The minimum atomic E-state index is -0.215. The fourth-order valence-corrected chi connectivity index (χ4v) is 2.13. The maximum atomic E-state index is 11.4. The summed E-state index contributed by atoms with van der Waals surface area (Å²) in [5, 5.41) is 6.02. The van der Waals surface area contributed by atoms with E-state index in [9.17, 15) is 4.79 Å². The van der Waals surface area contributed by atoms with Crippen LogP contribution >= 0.6 is 0 Å². The van der Waals surface area contributed by atoms with E-state index < -0.39 is 0 Å². The smallest absolute Gasteiger partial charge is 0.407 e. The van der Waals surface area contributed by atoms with E-state index in [0.29, 0.717) is 12.0 Å². The highest BCUT2D eigenvalue weighted by atomic mass is 16.6. The van der Waals surface area contributed by atoms with Crippen molar-refractivity contribution in [1.29, 1.82) is 0 Å². The molecule has 0 spiro atoms. The Hall–Kier alpha value is -0.770. The van der Waals surface area contributed by atoms with Crippen LogP contribution in [0.3, 0.4) is 0 Å². The maximum Gasteiger partial charge on any atom is 0.407 e. The van der Waals surface area contributed by atoms with Gasteiger partial charge in [0.25, 0.3) is 0 Å². The average molecular weight is 212 g/mol. The molecule has 2 N–H and O–H groups in total. The molecule has 2 aliphatic carbocycles. The second-order valence-corrected chi connectivity index (χ2v) is 4.69. The van der Waals surface area contributed by atoms with Crippen molar-refractivity contribution in [2.45, 2.75) is 44.2 Å².